The summed E-state index contributed by atoms with van der Waals surface area (Å²) in [6.45, 7) is 4.74. The molecule has 3 aliphatic carbocycles. The van der Waals surface area contributed by atoms with E-state index >= 15 is 0 Å². The van der Waals surface area contributed by atoms with Crippen molar-refractivity contribution in [1.29, 1.82) is 0 Å². The van der Waals surface area contributed by atoms with Crippen LogP contribution >= 0.6 is 0 Å². The summed E-state index contributed by atoms with van der Waals surface area (Å²) >= 11 is 0. The van der Waals surface area contributed by atoms with Gasteiger partial charge in [0.15, 0.2) is 0 Å². The fraction of sp³-hybridized carbons (Fsp3) is 0.0625. The Morgan fingerprint density at radius 3 is 1.53 bits per heavy atom. The first kappa shape index (κ1) is 37.2. The lowest BCUT2D eigenvalue weighted by atomic mass is 9.70. The van der Waals surface area contributed by atoms with Crippen molar-refractivity contribution in [3.8, 4) is 55.6 Å². The molecule has 66 heavy (non-hydrogen) atoms. The molecule has 0 bridgehead atoms. The van der Waals surface area contributed by atoms with E-state index in [-0.39, 0.29) is 5.41 Å². The third-order valence-corrected chi connectivity index (χ3v) is 15.1. The van der Waals surface area contributed by atoms with E-state index in [0.29, 0.717) is 0 Å². The van der Waals surface area contributed by atoms with Gasteiger partial charge in [-0.25, -0.2) is 0 Å². The molecule has 0 aliphatic heterocycles. The van der Waals surface area contributed by atoms with Crippen LogP contribution in [0.3, 0.4) is 0 Å². The lowest BCUT2D eigenvalue weighted by Crippen LogP contribution is -2.26. The van der Waals surface area contributed by atoms with Gasteiger partial charge in [0.05, 0.1) is 16.8 Å². The van der Waals surface area contributed by atoms with Crippen LogP contribution in [0.25, 0.3) is 77.6 Å². The molecule has 310 valence electrons. The van der Waals surface area contributed by atoms with Crippen LogP contribution in [0.1, 0.15) is 47.2 Å². The minimum absolute atomic E-state index is 0.129. The fourth-order valence-corrected chi connectivity index (χ4v) is 12.3. The molecule has 0 radical (unpaired) electrons. The van der Waals surface area contributed by atoms with Crippen molar-refractivity contribution in [2.24, 2.45) is 0 Å². The molecular weight excluding hydrogens is 799 g/mol. The van der Waals surface area contributed by atoms with Crippen LogP contribution in [0.4, 0.5) is 17.1 Å². The molecule has 2 nitrogen and oxygen atoms in total. The molecule has 11 aromatic rings. The van der Waals surface area contributed by atoms with E-state index in [4.69, 9.17) is 4.42 Å². The number of hydrogen-bond acceptors (Lipinski definition) is 2. The summed E-state index contributed by atoms with van der Waals surface area (Å²) in [5, 5.41) is 2.25. The van der Waals surface area contributed by atoms with Gasteiger partial charge in [-0.05, 0) is 120 Å². The smallest absolute Gasteiger partial charge is 0.136 e. The van der Waals surface area contributed by atoms with Gasteiger partial charge in [0.2, 0.25) is 0 Å². The van der Waals surface area contributed by atoms with Gasteiger partial charge in [-0.15, -0.1) is 0 Å². The van der Waals surface area contributed by atoms with Crippen LogP contribution in [0.5, 0.6) is 0 Å². The molecule has 0 saturated heterocycles. The van der Waals surface area contributed by atoms with Crippen LogP contribution in [0.2, 0.25) is 0 Å². The molecule has 1 spiro atoms. The first-order chi connectivity index (χ1) is 32.5. The number of fused-ring (bicyclic) bond motifs is 16. The number of nitrogens with zero attached hydrogens (tertiary/aromatic N) is 1. The van der Waals surface area contributed by atoms with Gasteiger partial charge in [-0.2, -0.15) is 0 Å². The lowest BCUT2D eigenvalue weighted by Gasteiger charge is -2.33. The molecule has 1 aromatic heterocycles. The summed E-state index contributed by atoms with van der Waals surface area (Å²) in [5.41, 5.74) is 24.9. The zero-order valence-corrected chi connectivity index (χ0v) is 36.7. The van der Waals surface area contributed by atoms with E-state index in [0.717, 1.165) is 50.1 Å². The Morgan fingerprint density at radius 1 is 0.333 bits per heavy atom. The molecule has 0 N–H and O–H groups in total. The van der Waals surface area contributed by atoms with E-state index in [9.17, 15) is 0 Å². The summed E-state index contributed by atoms with van der Waals surface area (Å²) in [4.78, 5) is 2.53. The highest BCUT2D eigenvalue weighted by Gasteiger charge is 2.51. The van der Waals surface area contributed by atoms with E-state index in [1.54, 1.807) is 0 Å². The molecule has 0 amide bonds. The van der Waals surface area contributed by atoms with Crippen molar-refractivity contribution >= 4 is 39.0 Å². The van der Waals surface area contributed by atoms with Crippen molar-refractivity contribution in [2.75, 3.05) is 4.90 Å². The van der Waals surface area contributed by atoms with Gasteiger partial charge in [0, 0.05) is 33.0 Å². The van der Waals surface area contributed by atoms with Crippen LogP contribution in [-0.2, 0) is 10.8 Å². The van der Waals surface area contributed by atoms with Gasteiger partial charge < -0.3 is 9.32 Å². The van der Waals surface area contributed by atoms with Crippen molar-refractivity contribution in [1.82, 2.24) is 0 Å². The second-order valence-corrected chi connectivity index (χ2v) is 18.7. The van der Waals surface area contributed by atoms with Gasteiger partial charge >= 0.3 is 0 Å². The third-order valence-electron chi connectivity index (χ3n) is 15.1. The lowest BCUT2D eigenvalue weighted by molar-refractivity contribution is 0.660. The molecule has 10 aromatic carbocycles. The molecular formula is C64H43NO. The Morgan fingerprint density at radius 2 is 0.833 bits per heavy atom. The van der Waals surface area contributed by atoms with E-state index in [2.05, 4.69) is 237 Å². The van der Waals surface area contributed by atoms with E-state index in [1.807, 2.05) is 6.07 Å². The van der Waals surface area contributed by atoms with E-state index < -0.39 is 5.41 Å². The van der Waals surface area contributed by atoms with Crippen molar-refractivity contribution in [2.45, 2.75) is 24.7 Å². The summed E-state index contributed by atoms with van der Waals surface area (Å²) in [7, 11) is 0. The third kappa shape index (κ3) is 4.91. The largest absolute Gasteiger partial charge is 0.456 e. The minimum Gasteiger partial charge on any atom is -0.456 e. The maximum Gasteiger partial charge on any atom is 0.136 e. The quantitative estimate of drug-likeness (QED) is 0.172. The average molecular weight is 842 g/mol. The first-order valence-corrected chi connectivity index (χ1v) is 23.1. The topological polar surface area (TPSA) is 16.4 Å². The highest BCUT2D eigenvalue weighted by Crippen LogP contribution is 2.64. The van der Waals surface area contributed by atoms with Crippen LogP contribution in [0.15, 0.2) is 229 Å². The van der Waals surface area contributed by atoms with Gasteiger partial charge in [-0.1, -0.05) is 196 Å². The van der Waals surface area contributed by atoms with Gasteiger partial charge in [-0.3, -0.25) is 0 Å². The van der Waals surface area contributed by atoms with Crippen LogP contribution in [-0.4, -0.2) is 0 Å². The predicted octanol–water partition coefficient (Wildman–Crippen LogP) is 17.0. The summed E-state index contributed by atoms with van der Waals surface area (Å²) in [6.07, 6.45) is 0. The SMILES string of the molecule is CC1(C)c2ccccc2-c2c(-c3ccccc3N(c3ccc4c(c3)C3(c5ccccc5-c5ccccc53)c3ccccc3-4)c3ccccc3-c3ccc4c(c3)oc3ccccc34)cccc21. The minimum atomic E-state index is -0.484. The zero-order valence-electron chi connectivity index (χ0n) is 36.7. The molecule has 14 rings (SSSR count). The molecule has 1 heterocycles. The molecule has 2 heteroatoms. The standard InChI is InChI=1S/C64H43NO/c1-63(2)52-26-10-6-24-51(52)62-50(25-17-30-56(62)63)47-22-8-15-32-59(47)65(58-31-14-7-18-42(58)40-34-36-49-48-23-9-16-33-60(48)66-61(49)38-40)41-35-37-46-45-21-5-13-29-55(45)64(57(46)39-41)53-27-11-3-19-43(53)44-20-4-12-28-54(44)64/h3-39H,1-2H3. The second kappa shape index (κ2) is 13.7. The molecule has 0 atom stereocenters. The van der Waals surface area contributed by atoms with E-state index in [1.165, 1.54) is 77.9 Å². The Bertz CT molecular complexity index is 3760. The summed E-state index contributed by atoms with van der Waals surface area (Å²) in [5.74, 6) is 0. The molecule has 0 unspecified atom stereocenters. The Labute approximate surface area is 384 Å². The maximum atomic E-state index is 6.53. The van der Waals surface area contributed by atoms with Crippen LogP contribution < -0.4 is 4.90 Å². The highest BCUT2D eigenvalue weighted by molar-refractivity contribution is 6.07. The van der Waals surface area contributed by atoms with Crippen molar-refractivity contribution < 1.29 is 4.42 Å². The first-order valence-electron chi connectivity index (χ1n) is 23.1. The average Bonchev–Trinajstić information content (AvgIpc) is 4.06. The Kier molecular flexibility index (Phi) is 7.70. The zero-order chi connectivity index (χ0) is 43.7. The van der Waals surface area contributed by atoms with Gasteiger partial charge in [0.1, 0.15) is 11.2 Å². The van der Waals surface area contributed by atoms with Crippen molar-refractivity contribution in [3.05, 3.63) is 258 Å². The highest BCUT2D eigenvalue weighted by atomic mass is 16.3. The number of hydrogen-bond donors (Lipinski definition) is 0. The van der Waals surface area contributed by atoms with Gasteiger partial charge in [0.25, 0.3) is 0 Å². The Hall–Kier alpha value is -8.20. The molecule has 0 saturated carbocycles. The normalized spacial score (nSPS) is 14.2. The number of furan rings is 1. The summed E-state index contributed by atoms with van der Waals surface area (Å²) < 4.78 is 6.53. The fourth-order valence-electron chi connectivity index (χ4n) is 12.3. The summed E-state index contributed by atoms with van der Waals surface area (Å²) in [6, 6.07) is 83.4. The Balaban J connectivity index is 1.05. The number of rotatable bonds is 5. The van der Waals surface area contributed by atoms with Crippen LogP contribution in [0, 0.1) is 0 Å². The van der Waals surface area contributed by atoms with Crippen molar-refractivity contribution in [3.63, 3.8) is 0 Å². The number of anilines is 3. The predicted molar refractivity (Wildman–Crippen MR) is 273 cm³/mol. The number of benzene rings is 10. The molecule has 0 fully saturated rings. The monoisotopic (exact) mass is 841 g/mol. The second-order valence-electron chi connectivity index (χ2n) is 18.7. The number of para-hydroxylation sites is 3. The maximum absolute atomic E-state index is 6.53. The molecule has 3 aliphatic rings.